The summed E-state index contributed by atoms with van der Waals surface area (Å²) in [7, 11) is 0. The Hall–Kier alpha value is -4.15. The van der Waals surface area contributed by atoms with E-state index in [1.54, 1.807) is 30.3 Å². The molecular formula is C31H23Cl2F5N4O6. The zero-order chi connectivity index (χ0) is 34.3. The number of esters is 1. The second-order valence-corrected chi connectivity index (χ2v) is 11.7. The Labute approximate surface area is 278 Å². The van der Waals surface area contributed by atoms with Gasteiger partial charge in [-0.05, 0) is 30.3 Å². The molecular weight excluding hydrogens is 690 g/mol. The van der Waals surface area contributed by atoms with E-state index in [0.717, 1.165) is 31.2 Å². The van der Waals surface area contributed by atoms with E-state index < -0.39 is 82.7 Å². The molecule has 2 aliphatic rings. The quantitative estimate of drug-likeness (QED) is 0.136. The van der Waals surface area contributed by atoms with Crippen LogP contribution in [0.5, 0.6) is 0 Å². The van der Waals surface area contributed by atoms with Gasteiger partial charge >= 0.3 is 12.1 Å². The number of amides is 1. The molecule has 2 fully saturated rings. The number of aromatic nitrogens is 3. The van der Waals surface area contributed by atoms with E-state index in [1.807, 2.05) is 0 Å². The van der Waals surface area contributed by atoms with Gasteiger partial charge in [-0.3, -0.25) is 9.59 Å². The van der Waals surface area contributed by atoms with E-state index in [1.165, 1.54) is 10.9 Å². The largest absolute Gasteiger partial charge is 0.457 e. The first-order chi connectivity index (χ1) is 22.8. The molecule has 2 saturated heterocycles. The van der Waals surface area contributed by atoms with Crippen molar-refractivity contribution in [2.45, 2.75) is 49.8 Å². The Bertz CT molecular complexity index is 1820. The van der Waals surface area contributed by atoms with E-state index in [9.17, 15) is 31.5 Å². The fourth-order valence-electron chi connectivity index (χ4n) is 5.54. The van der Waals surface area contributed by atoms with Crippen LogP contribution in [0, 0.1) is 11.6 Å². The minimum Gasteiger partial charge on any atom is -0.457 e. The summed E-state index contributed by atoms with van der Waals surface area (Å²) < 4.78 is 95.0. The van der Waals surface area contributed by atoms with E-state index in [2.05, 4.69) is 15.6 Å². The smallest absolute Gasteiger partial charge is 0.418 e. The van der Waals surface area contributed by atoms with Gasteiger partial charge in [0, 0.05) is 23.1 Å². The highest BCUT2D eigenvalue weighted by Gasteiger charge is 2.55. The molecule has 0 saturated carbocycles. The van der Waals surface area contributed by atoms with Crippen molar-refractivity contribution >= 4 is 40.8 Å². The summed E-state index contributed by atoms with van der Waals surface area (Å²) >= 11 is 11.6. The molecule has 252 valence electrons. The maximum Gasteiger partial charge on any atom is 0.418 e. The monoisotopic (exact) mass is 712 g/mol. The van der Waals surface area contributed by atoms with Gasteiger partial charge in [0.05, 0.1) is 24.1 Å². The van der Waals surface area contributed by atoms with Gasteiger partial charge < -0.3 is 24.3 Å². The minimum absolute atomic E-state index is 0.0319. The van der Waals surface area contributed by atoms with Gasteiger partial charge in [-0.2, -0.15) is 13.2 Å². The Morgan fingerprint density at radius 3 is 2.40 bits per heavy atom. The van der Waals surface area contributed by atoms with Crippen LogP contribution in [0.1, 0.15) is 30.4 Å². The third-order valence-electron chi connectivity index (χ3n) is 7.62. The normalized spacial score (nSPS) is 24.1. The summed E-state index contributed by atoms with van der Waals surface area (Å²) in [6.07, 6.45) is -10.0. The summed E-state index contributed by atoms with van der Waals surface area (Å²) in [5.41, 5.74) is -1.31. The number of hydrogen-bond donors (Lipinski definition) is 1. The molecule has 1 N–H and O–H groups in total. The average Bonchev–Trinajstić information content (AvgIpc) is 3.52. The number of fused-ring (bicyclic) bond motifs is 1. The van der Waals surface area contributed by atoms with Gasteiger partial charge in [0.2, 0.25) is 0 Å². The highest BCUT2D eigenvalue weighted by molar-refractivity contribution is 6.31. The molecule has 0 bridgehead atoms. The molecule has 6 rings (SSSR count). The predicted octanol–water partition coefficient (Wildman–Crippen LogP) is 6.54. The third kappa shape index (κ3) is 6.87. The standard InChI is InChI=1S/C31H23Cl2F5N4O6/c1-14(43)46-27-25(42-12-22(40-41-42)16-9-19(34)24(33)20(35)10-16)26-23(13-45-30(48-26)15-5-3-2-4-6-15)47-28(27)29(44)39-21-11-17(32)7-8-18(21)31(36,37)38/h2-12,23,25-28,30H,13H2,1H3,(H,39,44). The minimum atomic E-state index is -4.86. The number of halogens is 7. The van der Waals surface area contributed by atoms with Crippen molar-refractivity contribution in [3.63, 3.8) is 0 Å². The van der Waals surface area contributed by atoms with Gasteiger partial charge in [0.25, 0.3) is 5.91 Å². The third-order valence-corrected chi connectivity index (χ3v) is 8.22. The van der Waals surface area contributed by atoms with E-state index in [0.29, 0.717) is 11.6 Å². The van der Waals surface area contributed by atoms with Gasteiger partial charge in [-0.15, -0.1) is 5.10 Å². The molecule has 1 amide bonds. The van der Waals surface area contributed by atoms with Crippen LogP contribution >= 0.6 is 23.2 Å². The molecule has 0 aliphatic carbocycles. The number of benzene rings is 3. The van der Waals surface area contributed by atoms with Crippen LogP contribution in [-0.2, 0) is 34.7 Å². The molecule has 6 unspecified atom stereocenters. The second kappa shape index (κ2) is 13.4. The fourth-order valence-corrected chi connectivity index (χ4v) is 5.83. The van der Waals surface area contributed by atoms with Crippen LogP contribution in [0.25, 0.3) is 11.3 Å². The van der Waals surface area contributed by atoms with Gasteiger partial charge in [-0.25, -0.2) is 13.5 Å². The van der Waals surface area contributed by atoms with Crippen molar-refractivity contribution < 1.29 is 50.5 Å². The molecule has 0 radical (unpaired) electrons. The van der Waals surface area contributed by atoms with Gasteiger partial charge in [0.15, 0.2) is 18.5 Å². The number of alkyl halides is 3. The van der Waals surface area contributed by atoms with Crippen LogP contribution in [0.15, 0.2) is 66.9 Å². The molecule has 17 heteroatoms. The maximum atomic E-state index is 14.3. The lowest BCUT2D eigenvalue weighted by Gasteiger charge is -2.48. The molecule has 2 aliphatic heterocycles. The lowest BCUT2D eigenvalue weighted by atomic mass is 9.90. The highest BCUT2D eigenvalue weighted by Crippen LogP contribution is 2.42. The Morgan fingerprint density at radius 1 is 1.02 bits per heavy atom. The van der Waals surface area contributed by atoms with Gasteiger partial charge in [0.1, 0.15) is 40.6 Å². The van der Waals surface area contributed by atoms with Crippen molar-refractivity contribution in [2.75, 3.05) is 11.9 Å². The number of ether oxygens (including phenoxy) is 4. The predicted molar refractivity (Wildman–Crippen MR) is 159 cm³/mol. The topological polar surface area (TPSA) is 114 Å². The van der Waals surface area contributed by atoms with Crippen LogP contribution in [0.4, 0.5) is 27.6 Å². The first kappa shape index (κ1) is 33.7. The number of carbonyl (C=O) groups excluding carboxylic acids is 2. The number of anilines is 1. The van der Waals surface area contributed by atoms with Crippen molar-refractivity contribution in [3.8, 4) is 11.3 Å². The number of nitrogens with zero attached hydrogens (tertiary/aromatic N) is 3. The maximum absolute atomic E-state index is 14.3. The summed E-state index contributed by atoms with van der Waals surface area (Å²) in [5, 5.41) is 9.50. The molecule has 6 atom stereocenters. The van der Waals surface area contributed by atoms with E-state index in [-0.39, 0.29) is 22.9 Å². The lowest BCUT2D eigenvalue weighted by Crippen LogP contribution is -2.62. The van der Waals surface area contributed by atoms with Crippen LogP contribution in [0.2, 0.25) is 10.0 Å². The summed E-state index contributed by atoms with van der Waals surface area (Å²) in [6.45, 7) is 0.887. The van der Waals surface area contributed by atoms with Crippen molar-refractivity contribution in [1.82, 2.24) is 15.0 Å². The number of nitrogens with one attached hydrogen (secondary N) is 1. The molecule has 10 nitrogen and oxygen atoms in total. The summed E-state index contributed by atoms with van der Waals surface area (Å²) in [4.78, 5) is 26.2. The zero-order valence-corrected chi connectivity index (χ0v) is 26.0. The van der Waals surface area contributed by atoms with Crippen molar-refractivity contribution in [2.24, 2.45) is 0 Å². The summed E-state index contributed by atoms with van der Waals surface area (Å²) in [5.74, 6) is -4.11. The Kier molecular flexibility index (Phi) is 9.42. The zero-order valence-electron chi connectivity index (χ0n) is 24.5. The molecule has 48 heavy (non-hydrogen) atoms. The molecule has 4 aromatic rings. The first-order valence-corrected chi connectivity index (χ1v) is 14.9. The SMILES string of the molecule is CC(=O)OC1C(C(=O)Nc2cc(Cl)ccc2C(F)(F)F)OC2COC(c3ccccc3)OC2C1n1cc(-c2cc(F)c(Cl)c(F)c2)nn1. The average molecular weight is 713 g/mol. The highest BCUT2D eigenvalue weighted by atomic mass is 35.5. The Balaban J connectivity index is 1.41. The molecule has 0 spiro atoms. The van der Waals surface area contributed by atoms with Crippen molar-refractivity contribution in [1.29, 1.82) is 0 Å². The van der Waals surface area contributed by atoms with Gasteiger partial charge in [-0.1, -0.05) is 58.7 Å². The number of hydrogen-bond acceptors (Lipinski definition) is 8. The molecule has 3 aromatic carbocycles. The number of rotatable bonds is 6. The van der Waals surface area contributed by atoms with E-state index >= 15 is 0 Å². The lowest BCUT2D eigenvalue weighted by molar-refractivity contribution is -0.313. The summed E-state index contributed by atoms with van der Waals surface area (Å²) in [6, 6.07) is 12.0. The second-order valence-electron chi connectivity index (χ2n) is 10.9. The molecule has 1 aromatic heterocycles. The number of carbonyl (C=O) groups is 2. The van der Waals surface area contributed by atoms with Crippen LogP contribution in [0.3, 0.4) is 0 Å². The fraction of sp³-hybridized carbons (Fsp3) is 0.290. The van der Waals surface area contributed by atoms with Crippen LogP contribution in [-0.4, -0.2) is 57.9 Å². The van der Waals surface area contributed by atoms with Crippen molar-refractivity contribution in [3.05, 3.63) is 99.7 Å². The first-order valence-electron chi connectivity index (χ1n) is 14.2. The van der Waals surface area contributed by atoms with Crippen LogP contribution < -0.4 is 5.32 Å². The van der Waals surface area contributed by atoms with E-state index in [4.69, 9.17) is 42.1 Å². The molecule has 3 heterocycles. The Morgan fingerprint density at radius 2 is 1.73 bits per heavy atom.